The van der Waals surface area contributed by atoms with Crippen molar-refractivity contribution in [3.05, 3.63) is 47.4 Å². The highest BCUT2D eigenvalue weighted by Gasteiger charge is 2.10. The molecule has 0 saturated heterocycles. The van der Waals surface area contributed by atoms with Gasteiger partial charge in [-0.3, -0.25) is 0 Å². The standard InChI is InChI=1S/C10H9NS2/c1-7-6-10(13-12-7)8-2-4-9(11)5-3-8/h2-6H,1,11H2. The maximum Gasteiger partial charge on any atom is 0.0314 e. The summed E-state index contributed by atoms with van der Waals surface area (Å²) in [4.78, 5) is 2.37. The molecule has 1 aromatic rings. The molecule has 0 aromatic heterocycles. The monoisotopic (exact) mass is 207 g/mol. The molecule has 3 heteroatoms. The molecule has 0 aliphatic carbocycles. The Morgan fingerprint density at radius 1 is 1.08 bits per heavy atom. The van der Waals surface area contributed by atoms with Gasteiger partial charge in [-0.1, -0.05) is 40.3 Å². The Labute approximate surface area is 85.5 Å². The summed E-state index contributed by atoms with van der Waals surface area (Å²) in [6.45, 7) is 3.89. The zero-order chi connectivity index (χ0) is 9.26. The minimum Gasteiger partial charge on any atom is -0.399 e. The van der Waals surface area contributed by atoms with Crippen LogP contribution in [0.3, 0.4) is 0 Å². The Morgan fingerprint density at radius 2 is 1.77 bits per heavy atom. The average molecular weight is 207 g/mol. The van der Waals surface area contributed by atoms with E-state index >= 15 is 0 Å². The van der Waals surface area contributed by atoms with Crippen molar-refractivity contribution in [2.75, 3.05) is 5.73 Å². The number of hydrogen-bond donors (Lipinski definition) is 1. The van der Waals surface area contributed by atoms with Crippen LogP contribution in [0.4, 0.5) is 5.69 Å². The van der Waals surface area contributed by atoms with Crippen molar-refractivity contribution in [1.82, 2.24) is 0 Å². The van der Waals surface area contributed by atoms with Crippen LogP contribution in [0.2, 0.25) is 0 Å². The van der Waals surface area contributed by atoms with Gasteiger partial charge in [-0.25, -0.2) is 0 Å². The highest BCUT2D eigenvalue weighted by Crippen LogP contribution is 2.48. The first kappa shape index (κ1) is 8.78. The zero-order valence-electron chi connectivity index (χ0n) is 6.99. The second kappa shape index (κ2) is 3.52. The number of benzene rings is 1. The van der Waals surface area contributed by atoms with E-state index in [0.717, 1.165) is 10.6 Å². The maximum absolute atomic E-state index is 5.60. The minimum atomic E-state index is 0.804. The summed E-state index contributed by atoms with van der Waals surface area (Å²) in [5.74, 6) is 0. The van der Waals surface area contributed by atoms with Crippen LogP contribution in [0.25, 0.3) is 4.91 Å². The summed E-state index contributed by atoms with van der Waals surface area (Å²) in [6, 6.07) is 7.91. The van der Waals surface area contributed by atoms with Gasteiger partial charge in [0, 0.05) is 15.5 Å². The van der Waals surface area contributed by atoms with Crippen LogP contribution in [0, 0.1) is 0 Å². The van der Waals surface area contributed by atoms with E-state index in [1.54, 1.807) is 21.6 Å². The van der Waals surface area contributed by atoms with Crippen LogP contribution >= 0.6 is 21.6 Å². The van der Waals surface area contributed by atoms with Gasteiger partial charge in [0.2, 0.25) is 0 Å². The lowest BCUT2D eigenvalue weighted by Crippen LogP contribution is -1.83. The number of nitrogen functional groups attached to an aromatic ring is 1. The normalized spacial score (nSPS) is 16.0. The van der Waals surface area contributed by atoms with Crippen LogP contribution in [0.5, 0.6) is 0 Å². The molecule has 0 spiro atoms. The summed E-state index contributed by atoms with van der Waals surface area (Å²) in [7, 11) is 3.45. The fourth-order valence-corrected chi connectivity index (χ4v) is 3.10. The second-order valence-corrected chi connectivity index (χ2v) is 5.06. The van der Waals surface area contributed by atoms with Crippen LogP contribution in [-0.4, -0.2) is 0 Å². The molecule has 0 bridgehead atoms. The van der Waals surface area contributed by atoms with Gasteiger partial charge in [-0.05, 0) is 23.8 Å². The van der Waals surface area contributed by atoms with Crippen LogP contribution in [-0.2, 0) is 0 Å². The fraction of sp³-hybridized carbons (Fsp3) is 0. The largest absolute Gasteiger partial charge is 0.399 e. The molecule has 1 aromatic carbocycles. The Morgan fingerprint density at radius 3 is 2.31 bits per heavy atom. The van der Waals surface area contributed by atoms with E-state index in [-0.39, 0.29) is 0 Å². The van der Waals surface area contributed by atoms with Crippen molar-refractivity contribution in [2.24, 2.45) is 0 Å². The quantitative estimate of drug-likeness (QED) is 0.563. The average Bonchev–Trinajstić information content (AvgIpc) is 2.53. The molecule has 2 N–H and O–H groups in total. The molecule has 0 unspecified atom stereocenters. The van der Waals surface area contributed by atoms with E-state index in [1.165, 1.54) is 10.5 Å². The molecular formula is C10H9NS2. The highest BCUT2D eigenvalue weighted by atomic mass is 33.1. The zero-order valence-corrected chi connectivity index (χ0v) is 8.62. The molecule has 1 aliphatic heterocycles. The summed E-state index contributed by atoms with van der Waals surface area (Å²) in [6.07, 6.45) is 2.10. The van der Waals surface area contributed by atoms with Crippen LogP contribution < -0.4 is 5.73 Å². The van der Waals surface area contributed by atoms with E-state index in [4.69, 9.17) is 5.73 Å². The van der Waals surface area contributed by atoms with Crippen molar-refractivity contribution in [3.8, 4) is 0 Å². The van der Waals surface area contributed by atoms with E-state index in [1.807, 2.05) is 24.3 Å². The Bertz CT molecular complexity index is 365. The molecule has 2 rings (SSSR count). The third-order valence-electron chi connectivity index (χ3n) is 1.73. The van der Waals surface area contributed by atoms with E-state index in [9.17, 15) is 0 Å². The van der Waals surface area contributed by atoms with Gasteiger partial charge in [0.1, 0.15) is 0 Å². The lowest BCUT2D eigenvalue weighted by Gasteiger charge is -1.99. The minimum absolute atomic E-state index is 0.804. The van der Waals surface area contributed by atoms with Gasteiger partial charge in [0.15, 0.2) is 0 Å². The first-order valence-corrected chi connectivity index (χ1v) is 6.02. The molecule has 0 saturated carbocycles. The Hall–Kier alpha value is -0.800. The molecular weight excluding hydrogens is 198 g/mol. The predicted octanol–water partition coefficient (Wildman–Crippen LogP) is 3.52. The van der Waals surface area contributed by atoms with Crippen molar-refractivity contribution in [2.45, 2.75) is 0 Å². The number of nitrogens with two attached hydrogens (primary N) is 1. The van der Waals surface area contributed by atoms with Gasteiger partial charge < -0.3 is 5.73 Å². The topological polar surface area (TPSA) is 26.0 Å². The van der Waals surface area contributed by atoms with Gasteiger partial charge >= 0.3 is 0 Å². The number of anilines is 1. The highest BCUT2D eigenvalue weighted by molar-refractivity contribution is 8.82. The molecule has 0 atom stereocenters. The molecule has 1 heterocycles. The van der Waals surface area contributed by atoms with E-state index < -0.39 is 0 Å². The Kier molecular flexibility index (Phi) is 2.38. The van der Waals surface area contributed by atoms with Gasteiger partial charge in [-0.15, -0.1) is 0 Å². The molecule has 0 radical (unpaired) electrons. The van der Waals surface area contributed by atoms with Crippen molar-refractivity contribution < 1.29 is 0 Å². The number of rotatable bonds is 1. The third kappa shape index (κ3) is 1.92. The van der Waals surface area contributed by atoms with E-state index in [0.29, 0.717) is 0 Å². The SMILES string of the molecule is C=C1C=C(c2ccc(N)cc2)SS1. The summed E-state index contributed by atoms with van der Waals surface area (Å²) < 4.78 is 0. The number of hydrogen-bond acceptors (Lipinski definition) is 3. The maximum atomic E-state index is 5.60. The summed E-state index contributed by atoms with van der Waals surface area (Å²) >= 11 is 0. The second-order valence-electron chi connectivity index (χ2n) is 2.76. The van der Waals surface area contributed by atoms with Crippen LogP contribution in [0.15, 0.2) is 41.8 Å². The smallest absolute Gasteiger partial charge is 0.0314 e. The molecule has 0 amide bonds. The summed E-state index contributed by atoms with van der Waals surface area (Å²) in [5, 5.41) is 0. The molecule has 66 valence electrons. The van der Waals surface area contributed by atoms with Gasteiger partial charge in [-0.2, -0.15) is 0 Å². The predicted molar refractivity (Wildman–Crippen MR) is 63.2 cm³/mol. The van der Waals surface area contributed by atoms with E-state index in [2.05, 4.69) is 12.7 Å². The Balaban J connectivity index is 2.31. The lowest BCUT2D eigenvalue weighted by atomic mass is 10.2. The molecule has 1 nitrogen and oxygen atoms in total. The number of allylic oxidation sites excluding steroid dienone is 1. The third-order valence-corrected chi connectivity index (χ3v) is 4.11. The fourth-order valence-electron chi connectivity index (χ4n) is 1.07. The molecule has 0 fully saturated rings. The molecule has 1 aliphatic rings. The first-order chi connectivity index (χ1) is 6.25. The van der Waals surface area contributed by atoms with Crippen molar-refractivity contribution in [1.29, 1.82) is 0 Å². The van der Waals surface area contributed by atoms with Gasteiger partial charge in [0.05, 0.1) is 0 Å². The van der Waals surface area contributed by atoms with Crippen molar-refractivity contribution in [3.63, 3.8) is 0 Å². The molecule has 13 heavy (non-hydrogen) atoms. The summed E-state index contributed by atoms with van der Waals surface area (Å²) in [5.41, 5.74) is 7.62. The van der Waals surface area contributed by atoms with Gasteiger partial charge in [0.25, 0.3) is 0 Å². The first-order valence-electron chi connectivity index (χ1n) is 3.87. The lowest BCUT2D eigenvalue weighted by molar-refractivity contribution is 1.64. The van der Waals surface area contributed by atoms with Crippen molar-refractivity contribution >= 4 is 32.2 Å². The van der Waals surface area contributed by atoms with Crippen LogP contribution in [0.1, 0.15) is 5.56 Å².